The number of anilines is 2. The van der Waals surface area contributed by atoms with Crippen LogP contribution in [0.25, 0.3) is 26.6 Å². The Morgan fingerprint density at radius 3 is 2.62 bits per heavy atom. The molecule has 204 valence electrons. The van der Waals surface area contributed by atoms with Gasteiger partial charge in [0.15, 0.2) is 10.8 Å². The predicted molar refractivity (Wildman–Crippen MR) is 152 cm³/mol. The number of benzene rings is 1. The first kappa shape index (κ1) is 26.6. The van der Waals surface area contributed by atoms with E-state index in [1.54, 1.807) is 12.1 Å². The van der Waals surface area contributed by atoms with Gasteiger partial charge in [-0.15, -0.1) is 0 Å². The fourth-order valence-electron chi connectivity index (χ4n) is 3.93. The molecule has 0 saturated carbocycles. The molecule has 1 unspecified atom stereocenters. The Kier molecular flexibility index (Phi) is 7.25. The normalized spacial score (nSPS) is 12.8. The number of carbonyl (C=O) groups excluding carboxylic acids is 1. The molecule has 0 aliphatic rings. The topological polar surface area (TPSA) is 130 Å². The highest BCUT2D eigenvalue weighted by Gasteiger charge is 2.20. The second-order valence-electron chi connectivity index (χ2n) is 10.6. The van der Waals surface area contributed by atoms with Crippen LogP contribution in [-0.2, 0) is 5.41 Å². The lowest BCUT2D eigenvalue weighted by Crippen LogP contribution is -2.30. The summed E-state index contributed by atoms with van der Waals surface area (Å²) in [5.41, 5.74) is 3.08. The van der Waals surface area contributed by atoms with Gasteiger partial charge in [0, 0.05) is 41.5 Å². The SMILES string of the molecule is CN(C)CC(O)COc1ccc2c(n1)sc1nc(-c3ccc(NC(=O)Nc4cc(C(C)(C)C)on4)cc3)cn12. The molecule has 0 radical (unpaired) electrons. The van der Waals surface area contributed by atoms with E-state index < -0.39 is 12.1 Å². The number of hydrogen-bond acceptors (Lipinski definition) is 9. The Labute approximate surface area is 229 Å². The fraction of sp³-hybridized carbons (Fsp3) is 0.333. The zero-order chi connectivity index (χ0) is 27.7. The van der Waals surface area contributed by atoms with Crippen LogP contribution >= 0.6 is 11.3 Å². The van der Waals surface area contributed by atoms with Crippen molar-refractivity contribution in [3.05, 3.63) is 54.4 Å². The maximum Gasteiger partial charge on any atom is 0.324 e. The molecule has 4 aromatic heterocycles. The van der Waals surface area contributed by atoms with E-state index in [-0.39, 0.29) is 12.0 Å². The van der Waals surface area contributed by atoms with Crippen molar-refractivity contribution in [3.63, 3.8) is 0 Å². The molecule has 3 N–H and O–H groups in total. The molecular weight excluding hydrogens is 518 g/mol. The number of aromatic nitrogens is 4. The number of likely N-dealkylation sites (N-methyl/N-ethyl adjacent to an activating group) is 1. The molecule has 0 spiro atoms. The van der Waals surface area contributed by atoms with Gasteiger partial charge in [0.1, 0.15) is 23.3 Å². The zero-order valence-corrected chi connectivity index (χ0v) is 23.2. The molecule has 2 amide bonds. The number of fused-ring (bicyclic) bond motifs is 3. The monoisotopic (exact) mass is 549 g/mol. The number of imidazole rings is 1. The van der Waals surface area contributed by atoms with Crippen molar-refractivity contribution in [2.75, 3.05) is 37.9 Å². The third-order valence-electron chi connectivity index (χ3n) is 5.86. The van der Waals surface area contributed by atoms with Gasteiger partial charge in [0.2, 0.25) is 5.88 Å². The number of rotatable bonds is 8. The molecular formula is C27H31N7O4S. The van der Waals surface area contributed by atoms with E-state index in [4.69, 9.17) is 14.2 Å². The Morgan fingerprint density at radius 2 is 1.92 bits per heavy atom. The first-order valence-corrected chi connectivity index (χ1v) is 13.3. The quantitative estimate of drug-likeness (QED) is 0.251. The number of aliphatic hydroxyl groups is 1. The zero-order valence-electron chi connectivity index (χ0n) is 22.4. The molecule has 0 aliphatic heterocycles. The number of amides is 2. The number of pyridine rings is 1. The van der Waals surface area contributed by atoms with Crippen LogP contribution in [0.1, 0.15) is 26.5 Å². The third-order valence-corrected chi connectivity index (χ3v) is 6.83. The van der Waals surface area contributed by atoms with Crippen LogP contribution in [0.3, 0.4) is 0 Å². The van der Waals surface area contributed by atoms with Crippen LogP contribution in [-0.4, -0.2) is 68.9 Å². The van der Waals surface area contributed by atoms with Gasteiger partial charge in [-0.1, -0.05) is 49.4 Å². The number of ether oxygens (including phenoxy) is 1. The molecule has 0 saturated heterocycles. The summed E-state index contributed by atoms with van der Waals surface area (Å²) in [5, 5.41) is 19.4. The van der Waals surface area contributed by atoms with E-state index in [1.807, 2.05) is 80.7 Å². The Bertz CT molecular complexity index is 1600. The van der Waals surface area contributed by atoms with Gasteiger partial charge in [-0.2, -0.15) is 0 Å². The van der Waals surface area contributed by atoms with E-state index in [0.717, 1.165) is 26.6 Å². The summed E-state index contributed by atoms with van der Waals surface area (Å²) in [7, 11) is 3.80. The minimum absolute atomic E-state index is 0.175. The molecule has 5 aromatic rings. The van der Waals surface area contributed by atoms with Crippen LogP contribution in [0.2, 0.25) is 0 Å². The minimum Gasteiger partial charge on any atom is -0.475 e. The molecule has 4 heterocycles. The van der Waals surface area contributed by atoms with Gasteiger partial charge in [-0.3, -0.25) is 9.72 Å². The molecule has 0 bridgehead atoms. The van der Waals surface area contributed by atoms with Crippen molar-refractivity contribution in [2.45, 2.75) is 32.3 Å². The second kappa shape index (κ2) is 10.6. The Morgan fingerprint density at radius 1 is 1.15 bits per heavy atom. The Balaban J connectivity index is 1.23. The van der Waals surface area contributed by atoms with Crippen LogP contribution in [0.15, 0.2) is 53.2 Å². The first-order chi connectivity index (χ1) is 18.5. The maximum absolute atomic E-state index is 12.4. The average Bonchev–Trinajstić information content (AvgIpc) is 3.57. The molecule has 0 aliphatic carbocycles. The van der Waals surface area contributed by atoms with E-state index >= 15 is 0 Å². The molecule has 12 heteroatoms. The number of urea groups is 1. The molecule has 1 atom stereocenters. The van der Waals surface area contributed by atoms with E-state index in [1.165, 1.54) is 11.3 Å². The predicted octanol–water partition coefficient (Wildman–Crippen LogP) is 4.84. The van der Waals surface area contributed by atoms with Crippen molar-refractivity contribution >= 4 is 44.2 Å². The third kappa shape index (κ3) is 6.19. The molecule has 1 aromatic carbocycles. The fourth-order valence-corrected chi connectivity index (χ4v) is 4.91. The largest absolute Gasteiger partial charge is 0.475 e. The number of nitrogens with zero attached hydrogens (tertiary/aromatic N) is 5. The summed E-state index contributed by atoms with van der Waals surface area (Å²) in [6, 6.07) is 12.5. The van der Waals surface area contributed by atoms with Crippen LogP contribution in [0.5, 0.6) is 5.88 Å². The maximum atomic E-state index is 12.4. The van der Waals surface area contributed by atoms with Crippen LogP contribution in [0.4, 0.5) is 16.3 Å². The highest BCUT2D eigenvalue weighted by molar-refractivity contribution is 7.23. The summed E-state index contributed by atoms with van der Waals surface area (Å²) >= 11 is 1.46. The summed E-state index contributed by atoms with van der Waals surface area (Å²) in [5.74, 6) is 1.51. The first-order valence-electron chi connectivity index (χ1n) is 12.4. The average molecular weight is 550 g/mol. The van der Waals surface area contributed by atoms with Gasteiger partial charge in [0.05, 0.1) is 11.2 Å². The number of thiazole rings is 1. The lowest BCUT2D eigenvalue weighted by molar-refractivity contribution is 0.0813. The molecule has 39 heavy (non-hydrogen) atoms. The van der Waals surface area contributed by atoms with Gasteiger partial charge in [-0.05, 0) is 32.3 Å². The van der Waals surface area contributed by atoms with Gasteiger partial charge < -0.3 is 24.6 Å². The van der Waals surface area contributed by atoms with E-state index in [2.05, 4.69) is 20.8 Å². The number of hydrogen-bond donors (Lipinski definition) is 3. The molecule has 5 rings (SSSR count). The number of carbonyl (C=O) groups is 1. The van der Waals surface area contributed by atoms with E-state index in [9.17, 15) is 9.90 Å². The summed E-state index contributed by atoms with van der Waals surface area (Å²) in [6.07, 6.45) is 1.37. The smallest absolute Gasteiger partial charge is 0.324 e. The van der Waals surface area contributed by atoms with Crippen molar-refractivity contribution in [1.29, 1.82) is 0 Å². The molecule has 0 fully saturated rings. The van der Waals surface area contributed by atoms with Gasteiger partial charge >= 0.3 is 6.03 Å². The van der Waals surface area contributed by atoms with Crippen molar-refractivity contribution in [1.82, 2.24) is 24.4 Å². The molecule has 11 nitrogen and oxygen atoms in total. The second-order valence-corrected chi connectivity index (χ2v) is 11.5. The van der Waals surface area contributed by atoms with Crippen molar-refractivity contribution in [3.8, 4) is 17.1 Å². The number of aliphatic hydroxyl groups excluding tert-OH is 1. The summed E-state index contributed by atoms with van der Waals surface area (Å²) < 4.78 is 13.0. The van der Waals surface area contributed by atoms with Crippen molar-refractivity contribution < 1.29 is 19.2 Å². The summed E-state index contributed by atoms with van der Waals surface area (Å²) in [4.78, 5) is 25.2. The van der Waals surface area contributed by atoms with Gasteiger partial charge in [0.25, 0.3) is 0 Å². The van der Waals surface area contributed by atoms with E-state index in [0.29, 0.717) is 29.7 Å². The highest BCUT2D eigenvalue weighted by Crippen LogP contribution is 2.30. The summed E-state index contributed by atoms with van der Waals surface area (Å²) in [6.45, 7) is 6.72. The van der Waals surface area contributed by atoms with Crippen LogP contribution < -0.4 is 15.4 Å². The highest BCUT2D eigenvalue weighted by atomic mass is 32.1. The lowest BCUT2D eigenvalue weighted by atomic mass is 9.93. The van der Waals surface area contributed by atoms with Crippen LogP contribution in [0, 0.1) is 0 Å². The lowest BCUT2D eigenvalue weighted by Gasteiger charge is -2.16. The number of nitrogens with one attached hydrogen (secondary N) is 2. The Hall–Kier alpha value is -4.00. The minimum atomic E-state index is -0.591. The van der Waals surface area contributed by atoms with Gasteiger partial charge in [-0.25, -0.2) is 14.8 Å². The standard InChI is InChI=1S/C27H31N7O4S/c1-27(2,3)21-12-22(32-38-21)30-25(36)28-17-8-6-16(7-9-17)19-14-34-20-10-11-23(31-24(20)39-26(34)29-19)37-15-18(35)13-33(4)5/h6-12,14,18,35H,13,15H2,1-5H3,(H2,28,30,32,36). The van der Waals surface area contributed by atoms with Crippen molar-refractivity contribution in [2.24, 2.45) is 0 Å².